The quantitative estimate of drug-likeness (QED) is 0.759. The van der Waals surface area contributed by atoms with Gasteiger partial charge in [0.05, 0.1) is 0 Å². The highest BCUT2D eigenvalue weighted by Gasteiger charge is 2.29. The number of ketones is 1. The summed E-state index contributed by atoms with van der Waals surface area (Å²) in [6.07, 6.45) is 5.46. The number of rotatable bonds is 6. The molecular weight excluding hydrogens is 338 g/mol. The van der Waals surface area contributed by atoms with Gasteiger partial charge in [0.2, 0.25) is 0 Å². The molecular formula is C19H30ClN3O2. The van der Waals surface area contributed by atoms with Crippen LogP contribution in [0.5, 0.6) is 0 Å². The van der Waals surface area contributed by atoms with Crippen LogP contribution in [0.25, 0.3) is 0 Å². The summed E-state index contributed by atoms with van der Waals surface area (Å²) in [4.78, 5) is 29.9. The monoisotopic (exact) mass is 367 g/mol. The van der Waals surface area contributed by atoms with Gasteiger partial charge in [-0.2, -0.15) is 0 Å². The molecule has 25 heavy (non-hydrogen) atoms. The Morgan fingerprint density at radius 1 is 1.20 bits per heavy atom. The number of amides is 1. The number of nitrogens with zero attached hydrogens (tertiary/aromatic N) is 1. The third kappa shape index (κ3) is 4.45. The molecule has 0 aromatic carbocycles. The fraction of sp³-hybridized carbons (Fsp3) is 0.684. The summed E-state index contributed by atoms with van der Waals surface area (Å²) in [6.45, 7) is 8.16. The number of hydrogen-bond donors (Lipinski definition) is 2. The molecule has 1 saturated carbocycles. The Balaban J connectivity index is 0.00000225. The molecule has 2 fully saturated rings. The summed E-state index contributed by atoms with van der Waals surface area (Å²) in [5, 5.41) is 3.64. The maximum Gasteiger partial charge on any atom is 0.270 e. The Morgan fingerprint density at radius 3 is 2.36 bits per heavy atom. The zero-order valence-electron chi connectivity index (χ0n) is 15.5. The molecule has 1 saturated heterocycles. The second-order valence-corrected chi connectivity index (χ2v) is 7.31. The predicted molar refractivity (Wildman–Crippen MR) is 102 cm³/mol. The molecule has 0 atom stereocenters. The molecule has 2 aliphatic rings. The second kappa shape index (κ2) is 8.37. The van der Waals surface area contributed by atoms with Crippen LogP contribution in [0, 0.1) is 12.8 Å². The molecule has 1 amide bonds. The van der Waals surface area contributed by atoms with Crippen LogP contribution in [-0.2, 0) is 6.42 Å². The number of aromatic amines is 1. The number of piperidine rings is 1. The van der Waals surface area contributed by atoms with Gasteiger partial charge in [-0.05, 0) is 64.0 Å². The summed E-state index contributed by atoms with van der Waals surface area (Å²) >= 11 is 0. The molecule has 0 unspecified atom stereocenters. The Kier molecular flexibility index (Phi) is 6.69. The molecule has 0 spiro atoms. The van der Waals surface area contributed by atoms with Gasteiger partial charge in [0, 0.05) is 30.4 Å². The molecule has 1 aliphatic carbocycles. The second-order valence-electron chi connectivity index (χ2n) is 7.31. The van der Waals surface area contributed by atoms with Gasteiger partial charge < -0.3 is 15.2 Å². The van der Waals surface area contributed by atoms with Gasteiger partial charge in [-0.25, -0.2) is 0 Å². The summed E-state index contributed by atoms with van der Waals surface area (Å²) in [5.74, 6) is 0.967. The van der Waals surface area contributed by atoms with Gasteiger partial charge in [0.1, 0.15) is 5.69 Å². The van der Waals surface area contributed by atoms with Crippen LogP contribution in [0.2, 0.25) is 0 Å². The lowest BCUT2D eigenvalue weighted by atomic mass is 10.0. The molecule has 5 nitrogen and oxygen atoms in total. The average Bonchev–Trinajstić information content (AvgIpc) is 3.33. The predicted octanol–water partition coefficient (Wildman–Crippen LogP) is 3.11. The van der Waals surface area contributed by atoms with Crippen molar-refractivity contribution in [3.8, 4) is 0 Å². The smallest absolute Gasteiger partial charge is 0.270 e. The maximum atomic E-state index is 12.9. The van der Waals surface area contributed by atoms with Gasteiger partial charge in [0.15, 0.2) is 5.78 Å². The van der Waals surface area contributed by atoms with E-state index in [1.807, 2.05) is 18.7 Å². The highest BCUT2D eigenvalue weighted by atomic mass is 35.5. The van der Waals surface area contributed by atoms with Crippen molar-refractivity contribution < 1.29 is 9.59 Å². The maximum absolute atomic E-state index is 12.9. The largest absolute Gasteiger partial charge is 0.354 e. The highest BCUT2D eigenvalue weighted by Crippen LogP contribution is 2.28. The number of H-pyrrole nitrogens is 1. The fourth-order valence-electron chi connectivity index (χ4n) is 3.79. The first kappa shape index (κ1) is 20.0. The molecule has 6 heteroatoms. The van der Waals surface area contributed by atoms with Crippen LogP contribution < -0.4 is 5.32 Å². The number of halogens is 1. The third-order valence-electron chi connectivity index (χ3n) is 5.38. The lowest BCUT2D eigenvalue weighted by Crippen LogP contribution is -2.45. The normalized spacial score (nSPS) is 18.1. The first-order valence-corrected chi connectivity index (χ1v) is 9.26. The minimum atomic E-state index is 0. The topological polar surface area (TPSA) is 65.2 Å². The molecule has 0 radical (unpaired) electrons. The van der Waals surface area contributed by atoms with Crippen molar-refractivity contribution in [2.75, 3.05) is 19.6 Å². The van der Waals surface area contributed by atoms with Gasteiger partial charge in [-0.3, -0.25) is 9.59 Å². The van der Waals surface area contributed by atoms with Crippen LogP contribution in [0.4, 0.5) is 0 Å². The Morgan fingerprint density at radius 2 is 1.84 bits per heavy atom. The number of carbonyl (C=O) groups is 2. The van der Waals surface area contributed by atoms with E-state index in [-0.39, 0.29) is 24.1 Å². The number of hydrogen-bond acceptors (Lipinski definition) is 3. The average molecular weight is 368 g/mol. The van der Waals surface area contributed by atoms with Crippen LogP contribution in [0.15, 0.2) is 0 Å². The van der Waals surface area contributed by atoms with E-state index in [1.54, 1.807) is 6.92 Å². The number of aromatic nitrogens is 1. The number of likely N-dealkylation sites (tertiary alicyclic amines) is 1. The van der Waals surface area contributed by atoms with Crippen molar-refractivity contribution in [1.82, 2.24) is 15.2 Å². The molecule has 2 N–H and O–H groups in total. The SMILES string of the molecule is CCc1c(C(=O)N2CCC(NCC3CC3)CC2)[nH]c(C)c1C(C)=O.Cl. The van der Waals surface area contributed by atoms with Crippen LogP contribution >= 0.6 is 12.4 Å². The minimum Gasteiger partial charge on any atom is -0.354 e. The van der Waals surface area contributed by atoms with Crippen molar-refractivity contribution >= 4 is 24.1 Å². The summed E-state index contributed by atoms with van der Waals surface area (Å²) in [7, 11) is 0. The van der Waals surface area contributed by atoms with Crippen molar-refractivity contribution in [2.45, 2.75) is 58.9 Å². The first-order chi connectivity index (χ1) is 11.5. The van der Waals surface area contributed by atoms with E-state index >= 15 is 0 Å². The van der Waals surface area contributed by atoms with E-state index in [1.165, 1.54) is 12.8 Å². The summed E-state index contributed by atoms with van der Waals surface area (Å²) in [6, 6.07) is 0.540. The number of carbonyl (C=O) groups excluding carboxylic acids is 2. The molecule has 140 valence electrons. The summed E-state index contributed by atoms with van der Waals surface area (Å²) < 4.78 is 0. The fourth-order valence-corrected chi connectivity index (χ4v) is 3.79. The summed E-state index contributed by atoms with van der Waals surface area (Å²) in [5.41, 5.74) is 2.99. The Bertz CT molecular complexity index is 629. The van der Waals surface area contributed by atoms with Crippen molar-refractivity contribution in [2.24, 2.45) is 5.92 Å². The van der Waals surface area contributed by atoms with Crippen LogP contribution in [0.1, 0.15) is 71.6 Å². The van der Waals surface area contributed by atoms with E-state index in [0.717, 1.165) is 49.7 Å². The minimum absolute atomic E-state index is 0. The number of nitrogens with one attached hydrogen (secondary N) is 2. The zero-order chi connectivity index (χ0) is 17.3. The Labute approximate surface area is 156 Å². The number of aryl methyl sites for hydroxylation is 1. The lowest BCUT2D eigenvalue weighted by Gasteiger charge is -2.32. The van der Waals surface area contributed by atoms with Gasteiger partial charge >= 0.3 is 0 Å². The van der Waals surface area contributed by atoms with E-state index in [2.05, 4.69) is 10.3 Å². The zero-order valence-corrected chi connectivity index (χ0v) is 16.3. The standard InChI is InChI=1S/C19H29N3O2.ClH/c1-4-16-17(13(3)23)12(2)21-18(16)19(24)22-9-7-15(8-10-22)20-11-14-5-6-14;/h14-15,20-21H,4-11H2,1-3H3;1H. The van der Waals surface area contributed by atoms with Crippen molar-refractivity contribution in [1.29, 1.82) is 0 Å². The molecule has 1 aromatic heterocycles. The number of Topliss-reactive ketones (excluding diaryl/α,β-unsaturated/α-hetero) is 1. The van der Waals surface area contributed by atoms with Crippen molar-refractivity contribution in [3.05, 3.63) is 22.5 Å². The van der Waals surface area contributed by atoms with E-state index in [0.29, 0.717) is 23.7 Å². The molecule has 0 bridgehead atoms. The lowest BCUT2D eigenvalue weighted by molar-refractivity contribution is 0.0698. The van der Waals surface area contributed by atoms with Gasteiger partial charge in [-0.1, -0.05) is 6.92 Å². The Hall–Kier alpha value is -1.33. The van der Waals surface area contributed by atoms with Crippen LogP contribution in [-0.4, -0.2) is 47.3 Å². The van der Waals surface area contributed by atoms with E-state index < -0.39 is 0 Å². The third-order valence-corrected chi connectivity index (χ3v) is 5.38. The molecule has 3 rings (SSSR count). The van der Waals surface area contributed by atoms with Gasteiger partial charge in [0.25, 0.3) is 5.91 Å². The molecule has 1 aromatic rings. The van der Waals surface area contributed by atoms with Gasteiger partial charge in [-0.15, -0.1) is 12.4 Å². The highest BCUT2D eigenvalue weighted by molar-refractivity contribution is 6.02. The van der Waals surface area contributed by atoms with Crippen LogP contribution in [0.3, 0.4) is 0 Å². The molecule has 2 heterocycles. The van der Waals surface area contributed by atoms with E-state index in [4.69, 9.17) is 0 Å². The van der Waals surface area contributed by atoms with Crippen molar-refractivity contribution in [3.63, 3.8) is 0 Å². The van der Waals surface area contributed by atoms with E-state index in [9.17, 15) is 9.59 Å². The molecule has 1 aliphatic heterocycles. The first-order valence-electron chi connectivity index (χ1n) is 9.26.